The maximum atomic E-state index is 12.7. The van der Waals surface area contributed by atoms with Crippen LogP contribution in [0.4, 0.5) is 0 Å². The first-order valence-corrected chi connectivity index (χ1v) is 11.4. The first kappa shape index (κ1) is 19.3. The van der Waals surface area contributed by atoms with E-state index in [1.807, 2.05) is 61.9 Å². The summed E-state index contributed by atoms with van der Waals surface area (Å²) in [4.78, 5) is 2.01. The average molecular weight is 408 g/mol. The van der Waals surface area contributed by atoms with Gasteiger partial charge in [0, 0.05) is 16.3 Å². The Morgan fingerprint density at radius 3 is 2.42 bits per heavy atom. The van der Waals surface area contributed by atoms with Crippen molar-refractivity contribution in [2.24, 2.45) is 0 Å². The van der Waals surface area contributed by atoms with Crippen molar-refractivity contribution in [1.29, 1.82) is 0 Å². The second-order valence-corrected chi connectivity index (χ2v) is 10.00. The largest absolute Gasteiger partial charge is 0.383 e. The summed E-state index contributed by atoms with van der Waals surface area (Å²) >= 11 is 2.95. The van der Waals surface area contributed by atoms with Crippen LogP contribution in [0.25, 0.3) is 0 Å². The van der Waals surface area contributed by atoms with E-state index in [9.17, 15) is 13.5 Å². The fourth-order valence-corrected chi connectivity index (χ4v) is 6.25. The second-order valence-electron chi connectivity index (χ2n) is 6.32. The van der Waals surface area contributed by atoms with Gasteiger partial charge in [-0.1, -0.05) is 17.7 Å². The number of rotatable bonds is 6. The molecule has 7 heteroatoms. The molecule has 0 fully saturated rings. The number of nitrogens with one attached hydrogen (secondary N) is 1. The number of hydrogen-bond acceptors (Lipinski definition) is 5. The summed E-state index contributed by atoms with van der Waals surface area (Å²) in [5, 5.41) is 14.2. The zero-order valence-electron chi connectivity index (χ0n) is 14.8. The molecule has 3 rings (SSSR count). The number of aliphatic hydroxyl groups is 1. The lowest BCUT2D eigenvalue weighted by molar-refractivity contribution is 0.224. The van der Waals surface area contributed by atoms with Crippen LogP contribution in [-0.2, 0) is 16.6 Å². The minimum atomic E-state index is -3.59. The van der Waals surface area contributed by atoms with Crippen LogP contribution in [-0.4, -0.2) is 13.5 Å². The molecule has 0 spiro atoms. The molecule has 1 aromatic carbocycles. The fourth-order valence-electron chi connectivity index (χ4n) is 3.06. The van der Waals surface area contributed by atoms with Gasteiger partial charge >= 0.3 is 0 Å². The molecular formula is C19H21NO3S3. The minimum absolute atomic E-state index is 0.204. The van der Waals surface area contributed by atoms with E-state index in [0.717, 1.165) is 32.0 Å². The molecule has 26 heavy (non-hydrogen) atoms. The highest BCUT2D eigenvalue weighted by atomic mass is 32.2. The standard InChI is InChI=1S/C19H21NO3S3/c1-12-8-13(2)19(14(3)9-12)26(22,23)20-10-16-4-5-17(25-16)18(21)15-6-7-24-11-15/h4-9,11,18,20-21H,10H2,1-3H3. The Bertz CT molecular complexity index is 982. The predicted molar refractivity (Wildman–Crippen MR) is 107 cm³/mol. The van der Waals surface area contributed by atoms with Gasteiger partial charge in [-0.2, -0.15) is 11.3 Å². The topological polar surface area (TPSA) is 66.4 Å². The molecule has 1 unspecified atom stereocenters. The van der Waals surface area contributed by atoms with Crippen molar-refractivity contribution in [3.63, 3.8) is 0 Å². The van der Waals surface area contributed by atoms with Gasteiger partial charge in [0.1, 0.15) is 6.10 Å². The van der Waals surface area contributed by atoms with E-state index in [1.54, 1.807) is 0 Å². The summed E-state index contributed by atoms with van der Waals surface area (Å²) in [6, 6.07) is 9.34. The Labute approximate surface area is 162 Å². The number of benzene rings is 1. The van der Waals surface area contributed by atoms with Crippen molar-refractivity contribution < 1.29 is 13.5 Å². The predicted octanol–water partition coefficient (Wildman–Crippen LogP) is 4.30. The van der Waals surface area contributed by atoms with Crippen molar-refractivity contribution >= 4 is 32.7 Å². The van der Waals surface area contributed by atoms with Crippen LogP contribution in [0, 0.1) is 20.8 Å². The Hall–Kier alpha value is -1.51. The molecule has 138 valence electrons. The van der Waals surface area contributed by atoms with E-state index in [0.29, 0.717) is 4.90 Å². The van der Waals surface area contributed by atoms with Crippen LogP contribution in [0.15, 0.2) is 46.0 Å². The Morgan fingerprint density at radius 2 is 1.81 bits per heavy atom. The minimum Gasteiger partial charge on any atom is -0.383 e. The Kier molecular flexibility index (Phi) is 5.64. The van der Waals surface area contributed by atoms with Gasteiger partial charge in [0.25, 0.3) is 0 Å². The molecule has 0 bridgehead atoms. The van der Waals surface area contributed by atoms with Crippen molar-refractivity contribution in [2.75, 3.05) is 0 Å². The van der Waals surface area contributed by atoms with Gasteiger partial charge in [0.05, 0.1) is 4.90 Å². The highest BCUT2D eigenvalue weighted by Gasteiger charge is 2.20. The average Bonchev–Trinajstić information content (AvgIpc) is 3.23. The molecule has 4 nitrogen and oxygen atoms in total. The van der Waals surface area contributed by atoms with Gasteiger partial charge in [0.2, 0.25) is 10.0 Å². The summed E-state index contributed by atoms with van der Waals surface area (Å²) < 4.78 is 28.1. The Balaban J connectivity index is 1.75. The summed E-state index contributed by atoms with van der Waals surface area (Å²) in [6.45, 7) is 5.79. The van der Waals surface area contributed by atoms with Crippen LogP contribution in [0.5, 0.6) is 0 Å². The van der Waals surface area contributed by atoms with Crippen molar-refractivity contribution in [2.45, 2.75) is 38.3 Å². The van der Waals surface area contributed by atoms with Gasteiger partial charge < -0.3 is 5.11 Å². The molecule has 0 aliphatic rings. The van der Waals surface area contributed by atoms with Crippen molar-refractivity contribution in [1.82, 2.24) is 4.72 Å². The van der Waals surface area contributed by atoms with E-state index >= 15 is 0 Å². The van der Waals surface area contributed by atoms with Gasteiger partial charge in [-0.15, -0.1) is 11.3 Å². The van der Waals surface area contributed by atoms with E-state index in [2.05, 4.69) is 4.72 Å². The molecule has 3 aromatic rings. The maximum Gasteiger partial charge on any atom is 0.241 e. The molecule has 0 aliphatic carbocycles. The van der Waals surface area contributed by atoms with Gasteiger partial charge in [-0.05, 0) is 66.4 Å². The van der Waals surface area contributed by atoms with Gasteiger partial charge in [-0.25, -0.2) is 13.1 Å². The molecule has 0 radical (unpaired) electrons. The molecule has 0 saturated carbocycles. The molecule has 2 aromatic heterocycles. The Morgan fingerprint density at radius 1 is 1.12 bits per heavy atom. The third-order valence-corrected chi connectivity index (χ3v) is 7.67. The van der Waals surface area contributed by atoms with Crippen molar-refractivity contribution in [3.8, 4) is 0 Å². The van der Waals surface area contributed by atoms with Gasteiger partial charge in [-0.3, -0.25) is 0 Å². The lowest BCUT2D eigenvalue weighted by Crippen LogP contribution is -2.24. The molecule has 2 N–H and O–H groups in total. The number of sulfonamides is 1. The third kappa shape index (κ3) is 4.07. The summed E-state index contributed by atoms with van der Waals surface area (Å²) in [7, 11) is -3.59. The molecular weight excluding hydrogens is 386 g/mol. The van der Waals surface area contributed by atoms with Crippen LogP contribution in [0.1, 0.15) is 38.1 Å². The van der Waals surface area contributed by atoms with E-state index in [-0.39, 0.29) is 6.54 Å². The van der Waals surface area contributed by atoms with E-state index < -0.39 is 16.1 Å². The summed E-state index contributed by atoms with van der Waals surface area (Å²) in [6.07, 6.45) is -0.668. The SMILES string of the molecule is Cc1cc(C)c(S(=O)(=O)NCc2ccc(C(O)c3ccsc3)s2)c(C)c1. The second kappa shape index (κ2) is 7.62. The quantitative estimate of drug-likeness (QED) is 0.640. The number of aryl methyl sites for hydroxylation is 3. The monoisotopic (exact) mass is 407 g/mol. The van der Waals surface area contributed by atoms with E-state index in [1.165, 1.54) is 22.7 Å². The first-order chi connectivity index (χ1) is 12.3. The van der Waals surface area contributed by atoms with Crippen LogP contribution >= 0.6 is 22.7 Å². The van der Waals surface area contributed by atoms with E-state index in [4.69, 9.17) is 0 Å². The molecule has 0 aliphatic heterocycles. The number of thiophene rings is 2. The lowest BCUT2D eigenvalue weighted by Gasteiger charge is -2.12. The normalized spacial score (nSPS) is 13.1. The molecule has 2 heterocycles. The van der Waals surface area contributed by atoms with Crippen LogP contribution < -0.4 is 4.72 Å². The lowest BCUT2D eigenvalue weighted by atomic mass is 10.1. The van der Waals surface area contributed by atoms with Crippen LogP contribution in [0.3, 0.4) is 0 Å². The van der Waals surface area contributed by atoms with Crippen molar-refractivity contribution in [3.05, 3.63) is 73.1 Å². The maximum absolute atomic E-state index is 12.7. The highest BCUT2D eigenvalue weighted by molar-refractivity contribution is 7.89. The zero-order valence-corrected chi connectivity index (χ0v) is 17.3. The molecule has 0 saturated heterocycles. The molecule has 0 amide bonds. The zero-order chi connectivity index (χ0) is 18.9. The number of hydrogen-bond donors (Lipinski definition) is 2. The number of aliphatic hydroxyl groups excluding tert-OH is 1. The summed E-state index contributed by atoms with van der Waals surface area (Å²) in [5.41, 5.74) is 3.39. The first-order valence-electron chi connectivity index (χ1n) is 8.14. The smallest absolute Gasteiger partial charge is 0.241 e. The summed E-state index contributed by atoms with van der Waals surface area (Å²) in [5.74, 6) is 0. The fraction of sp³-hybridized carbons (Fsp3) is 0.263. The van der Waals surface area contributed by atoms with Gasteiger partial charge in [0.15, 0.2) is 0 Å². The highest BCUT2D eigenvalue weighted by Crippen LogP contribution is 2.30. The third-order valence-electron chi connectivity index (χ3n) is 4.12. The molecule has 1 atom stereocenters. The van der Waals surface area contributed by atoms with Crippen LogP contribution in [0.2, 0.25) is 0 Å².